The summed E-state index contributed by atoms with van der Waals surface area (Å²) in [4.78, 5) is 13.1. The third-order valence-corrected chi connectivity index (χ3v) is 6.35. The number of hydrogen-bond donors (Lipinski definition) is 3. The topological polar surface area (TPSA) is 108 Å². The van der Waals surface area contributed by atoms with Crippen molar-refractivity contribution in [2.75, 3.05) is 5.32 Å². The van der Waals surface area contributed by atoms with Crippen LogP contribution in [0.5, 0.6) is 5.75 Å². The molecule has 7 heteroatoms. The fourth-order valence-corrected chi connectivity index (χ4v) is 4.39. The molecule has 0 bridgehead atoms. The highest BCUT2D eigenvalue weighted by Gasteiger charge is 2.27. The molecule has 0 saturated heterocycles. The zero-order valence-electron chi connectivity index (χ0n) is 19.9. The fourth-order valence-electron chi connectivity index (χ4n) is 4.27. The van der Waals surface area contributed by atoms with Crippen LogP contribution in [0.2, 0.25) is 5.02 Å². The average molecular weight is 500 g/mol. The monoisotopic (exact) mass is 499 g/mol. The number of anilines is 1. The van der Waals surface area contributed by atoms with Crippen LogP contribution in [0.15, 0.2) is 90.3 Å². The second-order valence-electron chi connectivity index (χ2n) is 8.93. The number of amides is 1. The Morgan fingerprint density at radius 1 is 1.06 bits per heavy atom. The van der Waals surface area contributed by atoms with E-state index in [0.717, 1.165) is 16.7 Å². The van der Waals surface area contributed by atoms with Crippen molar-refractivity contribution in [1.29, 1.82) is 5.26 Å². The number of phenols is 1. The van der Waals surface area contributed by atoms with Crippen molar-refractivity contribution in [3.8, 4) is 11.8 Å². The lowest BCUT2D eigenvalue weighted by Crippen LogP contribution is -2.25. The first-order valence-electron chi connectivity index (χ1n) is 11.5. The van der Waals surface area contributed by atoms with E-state index in [1.165, 1.54) is 0 Å². The van der Waals surface area contributed by atoms with Gasteiger partial charge in [-0.05, 0) is 71.7 Å². The van der Waals surface area contributed by atoms with Crippen LogP contribution in [0.25, 0.3) is 5.76 Å². The summed E-state index contributed by atoms with van der Waals surface area (Å²) in [5.41, 5.74) is 9.48. The van der Waals surface area contributed by atoms with Gasteiger partial charge in [-0.15, -0.1) is 0 Å². The van der Waals surface area contributed by atoms with Gasteiger partial charge in [0.1, 0.15) is 23.2 Å². The van der Waals surface area contributed by atoms with Gasteiger partial charge in [0.05, 0.1) is 5.92 Å². The Labute approximate surface area is 215 Å². The van der Waals surface area contributed by atoms with Crippen molar-refractivity contribution in [2.45, 2.75) is 25.7 Å². The minimum atomic E-state index is -0.412. The quantitative estimate of drug-likeness (QED) is 0.370. The van der Waals surface area contributed by atoms with E-state index in [1.54, 1.807) is 48.5 Å². The van der Waals surface area contributed by atoms with E-state index < -0.39 is 5.92 Å². The van der Waals surface area contributed by atoms with Crippen LogP contribution in [0, 0.1) is 17.2 Å². The van der Waals surface area contributed by atoms with E-state index in [2.05, 4.69) is 11.4 Å². The number of rotatable bonds is 6. The van der Waals surface area contributed by atoms with Gasteiger partial charge < -0.3 is 20.9 Å². The predicted molar refractivity (Wildman–Crippen MR) is 141 cm³/mol. The molecule has 4 N–H and O–H groups in total. The van der Waals surface area contributed by atoms with Crippen molar-refractivity contribution in [1.82, 2.24) is 0 Å². The van der Waals surface area contributed by atoms with Crippen molar-refractivity contribution >= 4 is 29.0 Å². The van der Waals surface area contributed by atoms with Crippen molar-refractivity contribution < 1.29 is 14.6 Å². The molecule has 1 amide bonds. The van der Waals surface area contributed by atoms with E-state index in [4.69, 9.17) is 22.1 Å². The number of nitrogens with two attached hydrogens (primary N) is 1. The maximum atomic E-state index is 13.1. The Bertz CT molecular complexity index is 1350. The lowest BCUT2D eigenvalue weighted by Gasteiger charge is -2.23. The Kier molecular flexibility index (Phi) is 7.33. The third kappa shape index (κ3) is 5.37. The number of nitrogens with one attached hydrogen (secondary N) is 1. The summed E-state index contributed by atoms with van der Waals surface area (Å²) in [6, 6.07) is 23.3. The molecule has 4 rings (SSSR count). The lowest BCUT2D eigenvalue weighted by atomic mass is 9.87. The lowest BCUT2D eigenvalue weighted by molar-refractivity contribution is -0.118. The highest BCUT2D eigenvalue weighted by atomic mass is 35.5. The third-order valence-electron chi connectivity index (χ3n) is 6.10. The maximum absolute atomic E-state index is 13.1. The van der Waals surface area contributed by atoms with Gasteiger partial charge in [-0.25, -0.2) is 0 Å². The number of carbonyl (C=O) groups is 1. The summed E-state index contributed by atoms with van der Waals surface area (Å²) < 4.78 is 5.76. The molecule has 0 aliphatic carbocycles. The molecular formula is C29H26ClN3O3. The molecule has 182 valence electrons. The first kappa shape index (κ1) is 24.9. The number of benzene rings is 3. The van der Waals surface area contributed by atoms with Crippen LogP contribution in [0.4, 0.5) is 5.69 Å². The van der Waals surface area contributed by atoms with Crippen molar-refractivity contribution in [3.05, 3.63) is 112 Å². The largest absolute Gasteiger partial charge is 0.508 e. The number of aromatic hydroxyl groups is 1. The fraction of sp³-hybridized carbons (Fsp3) is 0.172. The zero-order chi connectivity index (χ0) is 25.8. The molecule has 0 fully saturated rings. The van der Waals surface area contributed by atoms with Crippen LogP contribution in [-0.2, 0) is 9.53 Å². The Hall–Kier alpha value is -4.21. The summed E-state index contributed by atoms with van der Waals surface area (Å²) in [7, 11) is 0. The van der Waals surface area contributed by atoms with E-state index in [9.17, 15) is 15.2 Å². The highest BCUT2D eigenvalue weighted by Crippen LogP contribution is 2.37. The molecule has 0 aromatic heterocycles. The number of hydrogen-bond acceptors (Lipinski definition) is 5. The van der Waals surface area contributed by atoms with Gasteiger partial charge in [-0.3, -0.25) is 4.79 Å². The van der Waals surface area contributed by atoms with Gasteiger partial charge in [-0.1, -0.05) is 49.7 Å². The first-order chi connectivity index (χ1) is 17.3. The number of allylic oxidation sites excluding steroid dienone is 2. The van der Waals surface area contributed by atoms with Crippen LogP contribution in [-0.4, -0.2) is 11.0 Å². The highest BCUT2D eigenvalue weighted by molar-refractivity contribution is 6.30. The van der Waals surface area contributed by atoms with Crippen LogP contribution >= 0.6 is 11.6 Å². The Morgan fingerprint density at radius 2 is 1.69 bits per heavy atom. The van der Waals surface area contributed by atoms with Crippen LogP contribution < -0.4 is 11.1 Å². The van der Waals surface area contributed by atoms with E-state index in [-0.39, 0.29) is 29.4 Å². The van der Waals surface area contributed by atoms with E-state index >= 15 is 0 Å². The molecule has 2 unspecified atom stereocenters. The minimum absolute atomic E-state index is 0.0354. The molecule has 0 saturated carbocycles. The predicted octanol–water partition coefficient (Wildman–Crippen LogP) is 6.27. The summed E-state index contributed by atoms with van der Waals surface area (Å²) >= 11 is 6.01. The number of phenolic OH excluding ortho intramolecular Hbond substituents is 1. The molecule has 6 nitrogen and oxygen atoms in total. The summed E-state index contributed by atoms with van der Waals surface area (Å²) in [6.45, 7) is 4.01. The minimum Gasteiger partial charge on any atom is -0.508 e. The Balaban J connectivity index is 1.55. The molecule has 3 aromatic rings. The SMILES string of the molecule is CC(C)C(C(=O)Nc1ccc(C2=CC(c3ccc(O)cc3)C(C#N)=C(N)O2)cc1)c1ccc(Cl)cc1. The van der Waals surface area contributed by atoms with Crippen molar-refractivity contribution in [3.63, 3.8) is 0 Å². The normalized spacial score (nSPS) is 16.1. The molecule has 3 aromatic carbocycles. The van der Waals surface area contributed by atoms with Gasteiger partial charge in [0.2, 0.25) is 11.8 Å². The summed E-state index contributed by atoms with van der Waals surface area (Å²) in [5.74, 6) is -0.0778. The van der Waals surface area contributed by atoms with E-state index in [1.807, 2.05) is 44.2 Å². The maximum Gasteiger partial charge on any atom is 0.232 e. The van der Waals surface area contributed by atoms with Crippen LogP contribution in [0.1, 0.15) is 42.4 Å². The second kappa shape index (κ2) is 10.6. The smallest absolute Gasteiger partial charge is 0.232 e. The second-order valence-corrected chi connectivity index (χ2v) is 9.37. The molecule has 2 atom stereocenters. The average Bonchev–Trinajstić information content (AvgIpc) is 2.85. The summed E-state index contributed by atoms with van der Waals surface area (Å²) in [5, 5.41) is 22.8. The number of nitrogens with zero attached hydrogens (tertiary/aromatic N) is 1. The first-order valence-corrected chi connectivity index (χ1v) is 11.9. The number of halogens is 1. The molecule has 0 radical (unpaired) electrons. The number of carbonyl (C=O) groups excluding carboxylic acids is 1. The van der Waals surface area contributed by atoms with Gasteiger partial charge in [0.15, 0.2) is 0 Å². The Morgan fingerprint density at radius 3 is 2.28 bits per heavy atom. The van der Waals surface area contributed by atoms with Gasteiger partial charge >= 0.3 is 0 Å². The molecule has 36 heavy (non-hydrogen) atoms. The van der Waals surface area contributed by atoms with E-state index in [0.29, 0.717) is 22.0 Å². The molecular weight excluding hydrogens is 474 g/mol. The van der Waals surface area contributed by atoms with Gasteiger partial charge in [0.25, 0.3) is 0 Å². The number of ether oxygens (including phenoxy) is 1. The van der Waals surface area contributed by atoms with Crippen molar-refractivity contribution in [2.24, 2.45) is 11.7 Å². The molecule has 0 spiro atoms. The molecule has 1 aliphatic heterocycles. The standard InChI is InChI=1S/C29H26ClN3O3/c1-17(2)27(20-3-9-21(30)10-4-20)29(35)33-22-11-5-19(6-12-22)26-15-24(25(16-31)28(32)36-26)18-7-13-23(34)14-8-18/h3-15,17,24,27,34H,32H2,1-2H3,(H,33,35). The van der Waals surface area contributed by atoms with Gasteiger partial charge in [0, 0.05) is 22.2 Å². The molecule has 1 aliphatic rings. The van der Waals surface area contributed by atoms with Gasteiger partial charge in [-0.2, -0.15) is 5.26 Å². The number of nitriles is 1. The zero-order valence-corrected chi connectivity index (χ0v) is 20.7. The summed E-state index contributed by atoms with van der Waals surface area (Å²) in [6.07, 6.45) is 1.82. The molecule has 1 heterocycles. The van der Waals surface area contributed by atoms with Crippen LogP contribution in [0.3, 0.4) is 0 Å².